The van der Waals surface area contributed by atoms with Crippen LogP contribution in [0.2, 0.25) is 0 Å². The summed E-state index contributed by atoms with van der Waals surface area (Å²) in [5.41, 5.74) is 0. The van der Waals surface area contributed by atoms with E-state index in [0.29, 0.717) is 0 Å². The van der Waals surface area contributed by atoms with Gasteiger partial charge < -0.3 is 5.32 Å². The van der Waals surface area contributed by atoms with Crippen molar-refractivity contribution in [2.24, 2.45) is 5.92 Å². The average Bonchev–Trinajstić information content (AvgIpc) is 3.02. The van der Waals surface area contributed by atoms with Crippen molar-refractivity contribution in [1.29, 1.82) is 0 Å². The van der Waals surface area contributed by atoms with Crippen LogP contribution in [0.3, 0.4) is 0 Å². The molecule has 1 unspecified atom stereocenters. The lowest BCUT2D eigenvalue weighted by atomic mass is 10.1. The summed E-state index contributed by atoms with van der Waals surface area (Å²) in [6.07, 6.45) is 5.51. The summed E-state index contributed by atoms with van der Waals surface area (Å²) < 4.78 is 0. The molecule has 0 spiro atoms. The first-order valence-corrected chi connectivity index (χ1v) is 7.11. The van der Waals surface area contributed by atoms with Gasteiger partial charge in [-0.25, -0.2) is 0 Å². The van der Waals surface area contributed by atoms with Crippen molar-refractivity contribution < 1.29 is 0 Å². The van der Waals surface area contributed by atoms with Gasteiger partial charge in [-0.3, -0.25) is 4.90 Å². The van der Waals surface area contributed by atoms with Crippen LogP contribution in [-0.4, -0.2) is 36.6 Å². The Morgan fingerprint density at radius 1 is 1.19 bits per heavy atom. The van der Waals surface area contributed by atoms with E-state index in [1.54, 1.807) is 0 Å². The Labute approximate surface area is 102 Å². The van der Waals surface area contributed by atoms with Crippen molar-refractivity contribution in [3.05, 3.63) is 0 Å². The van der Waals surface area contributed by atoms with E-state index >= 15 is 0 Å². The Hall–Kier alpha value is -0.0800. The average molecular weight is 226 g/mol. The van der Waals surface area contributed by atoms with Gasteiger partial charge in [-0.05, 0) is 58.2 Å². The highest BCUT2D eigenvalue weighted by molar-refractivity contribution is 4.87. The molecule has 16 heavy (non-hydrogen) atoms. The second-order valence-corrected chi connectivity index (χ2v) is 5.64. The molecule has 0 radical (unpaired) electrons. The van der Waals surface area contributed by atoms with Crippen molar-refractivity contribution in [3.63, 3.8) is 0 Å². The minimum absolute atomic E-state index is 0.755. The zero-order chi connectivity index (χ0) is 12.0. The number of hydrogen-bond acceptors (Lipinski definition) is 2. The molecule has 2 heteroatoms. The first-order chi connectivity index (χ1) is 7.65. The summed E-state index contributed by atoms with van der Waals surface area (Å²) in [7, 11) is 0. The lowest BCUT2D eigenvalue weighted by Gasteiger charge is -2.30. The first-order valence-electron chi connectivity index (χ1n) is 7.11. The monoisotopic (exact) mass is 226 g/mol. The topological polar surface area (TPSA) is 15.3 Å². The van der Waals surface area contributed by atoms with Gasteiger partial charge in [0.1, 0.15) is 0 Å². The second kappa shape index (κ2) is 7.29. The minimum Gasteiger partial charge on any atom is -0.317 e. The standard InChI is InChI=1S/C14H30N2/c1-5-15-10-8-13(4)16(14-6-7-14)11-9-12(2)3/h12-15H,5-11H2,1-4H3. The molecule has 0 saturated heterocycles. The van der Waals surface area contributed by atoms with Gasteiger partial charge in [0.05, 0.1) is 0 Å². The molecular weight excluding hydrogens is 196 g/mol. The molecule has 0 aromatic rings. The Balaban J connectivity index is 2.25. The molecule has 0 amide bonds. The van der Waals surface area contributed by atoms with Crippen LogP contribution in [0.15, 0.2) is 0 Å². The molecule has 1 aliphatic rings. The maximum atomic E-state index is 3.43. The van der Waals surface area contributed by atoms with Crippen molar-refractivity contribution in [2.75, 3.05) is 19.6 Å². The zero-order valence-corrected chi connectivity index (χ0v) is 11.6. The fourth-order valence-corrected chi connectivity index (χ4v) is 2.23. The lowest BCUT2D eigenvalue weighted by Crippen LogP contribution is -2.38. The van der Waals surface area contributed by atoms with Gasteiger partial charge in [-0.1, -0.05) is 20.8 Å². The highest BCUT2D eigenvalue weighted by Gasteiger charge is 2.31. The van der Waals surface area contributed by atoms with Gasteiger partial charge in [-0.2, -0.15) is 0 Å². The predicted molar refractivity (Wildman–Crippen MR) is 71.8 cm³/mol. The summed E-state index contributed by atoms with van der Waals surface area (Å²) in [4.78, 5) is 2.75. The Morgan fingerprint density at radius 3 is 2.38 bits per heavy atom. The van der Waals surface area contributed by atoms with Gasteiger partial charge in [0.25, 0.3) is 0 Å². The summed E-state index contributed by atoms with van der Waals surface area (Å²) in [6, 6.07) is 1.67. The summed E-state index contributed by atoms with van der Waals surface area (Å²) in [5.74, 6) is 0.835. The molecule has 1 aliphatic carbocycles. The molecule has 1 rings (SSSR count). The highest BCUT2D eigenvalue weighted by Crippen LogP contribution is 2.29. The van der Waals surface area contributed by atoms with E-state index < -0.39 is 0 Å². The highest BCUT2D eigenvalue weighted by atomic mass is 15.2. The Bertz CT molecular complexity index is 176. The van der Waals surface area contributed by atoms with E-state index in [2.05, 4.69) is 37.9 Å². The fraction of sp³-hybridized carbons (Fsp3) is 1.00. The number of hydrogen-bond donors (Lipinski definition) is 1. The molecule has 2 nitrogen and oxygen atoms in total. The molecule has 1 fully saturated rings. The van der Waals surface area contributed by atoms with Crippen LogP contribution in [0.5, 0.6) is 0 Å². The molecule has 0 bridgehead atoms. The van der Waals surface area contributed by atoms with Crippen LogP contribution in [-0.2, 0) is 0 Å². The van der Waals surface area contributed by atoms with E-state index in [1.165, 1.54) is 38.8 Å². The van der Waals surface area contributed by atoms with Crippen LogP contribution < -0.4 is 5.32 Å². The first kappa shape index (κ1) is 14.0. The number of rotatable bonds is 9. The third-order valence-corrected chi connectivity index (χ3v) is 3.54. The molecular formula is C14H30N2. The van der Waals surface area contributed by atoms with Gasteiger partial charge in [-0.15, -0.1) is 0 Å². The SMILES string of the molecule is CCNCCC(C)N(CCC(C)C)C1CC1. The van der Waals surface area contributed by atoms with E-state index in [9.17, 15) is 0 Å². The van der Waals surface area contributed by atoms with Gasteiger partial charge in [0.2, 0.25) is 0 Å². The van der Waals surface area contributed by atoms with Crippen LogP contribution >= 0.6 is 0 Å². The normalized spacial score (nSPS) is 18.4. The number of nitrogens with one attached hydrogen (secondary N) is 1. The molecule has 0 aliphatic heterocycles. The van der Waals surface area contributed by atoms with Crippen molar-refractivity contribution in [3.8, 4) is 0 Å². The van der Waals surface area contributed by atoms with Crippen LogP contribution in [0.1, 0.15) is 53.4 Å². The summed E-state index contributed by atoms with van der Waals surface area (Å²) in [5, 5.41) is 3.43. The molecule has 0 heterocycles. The summed E-state index contributed by atoms with van der Waals surface area (Å²) >= 11 is 0. The van der Waals surface area contributed by atoms with Crippen molar-refractivity contribution in [1.82, 2.24) is 10.2 Å². The molecule has 96 valence electrons. The van der Waals surface area contributed by atoms with E-state index in [0.717, 1.165) is 24.5 Å². The Kier molecular flexibility index (Phi) is 6.37. The van der Waals surface area contributed by atoms with Gasteiger partial charge in [0, 0.05) is 12.1 Å². The van der Waals surface area contributed by atoms with Crippen LogP contribution in [0.4, 0.5) is 0 Å². The quantitative estimate of drug-likeness (QED) is 0.608. The Morgan fingerprint density at radius 2 is 1.88 bits per heavy atom. The van der Waals surface area contributed by atoms with E-state index in [4.69, 9.17) is 0 Å². The minimum atomic E-state index is 0.755. The zero-order valence-electron chi connectivity index (χ0n) is 11.6. The molecule has 1 N–H and O–H groups in total. The van der Waals surface area contributed by atoms with Crippen molar-refractivity contribution >= 4 is 0 Å². The fourth-order valence-electron chi connectivity index (χ4n) is 2.23. The van der Waals surface area contributed by atoms with Gasteiger partial charge in [0.15, 0.2) is 0 Å². The predicted octanol–water partition coefficient (Wildman–Crippen LogP) is 2.89. The second-order valence-electron chi connectivity index (χ2n) is 5.64. The maximum Gasteiger partial charge on any atom is 0.00992 e. The van der Waals surface area contributed by atoms with Gasteiger partial charge >= 0.3 is 0 Å². The lowest BCUT2D eigenvalue weighted by molar-refractivity contribution is 0.179. The summed E-state index contributed by atoms with van der Waals surface area (Å²) in [6.45, 7) is 12.8. The maximum absolute atomic E-state index is 3.43. The smallest absolute Gasteiger partial charge is 0.00992 e. The molecule has 0 aromatic heterocycles. The van der Waals surface area contributed by atoms with Crippen LogP contribution in [0.25, 0.3) is 0 Å². The molecule has 0 aromatic carbocycles. The largest absolute Gasteiger partial charge is 0.317 e. The number of nitrogens with zero attached hydrogens (tertiary/aromatic N) is 1. The van der Waals surface area contributed by atoms with Crippen LogP contribution in [0, 0.1) is 5.92 Å². The van der Waals surface area contributed by atoms with Crippen molar-refractivity contribution in [2.45, 2.75) is 65.5 Å². The third kappa shape index (κ3) is 5.31. The van der Waals surface area contributed by atoms with E-state index in [-0.39, 0.29) is 0 Å². The molecule has 1 atom stereocenters. The third-order valence-electron chi connectivity index (χ3n) is 3.54. The molecule has 1 saturated carbocycles. The van der Waals surface area contributed by atoms with E-state index in [1.807, 2.05) is 0 Å².